The Balaban J connectivity index is 2.49. The van der Waals surface area contributed by atoms with Gasteiger partial charge in [-0.2, -0.15) is 0 Å². The Morgan fingerprint density at radius 2 is 2.24 bits per heavy atom. The Kier molecular flexibility index (Phi) is 7.73. The van der Waals surface area contributed by atoms with Crippen molar-refractivity contribution in [2.24, 2.45) is 4.99 Å². The van der Waals surface area contributed by atoms with Crippen LogP contribution in [0.4, 0.5) is 0 Å². The summed E-state index contributed by atoms with van der Waals surface area (Å²) in [7, 11) is -3.51. The molecule has 0 saturated carbocycles. The highest BCUT2D eigenvalue weighted by Gasteiger charge is 2.15. The molecule has 0 aliphatic rings. The molecule has 0 radical (unpaired) electrons. The van der Waals surface area contributed by atoms with E-state index in [1.54, 1.807) is 12.1 Å². The monoisotopic (exact) mass is 350 g/mol. The number of nitrogens with one attached hydrogen (secondary N) is 3. The minimum absolute atomic E-state index is 0.202. The summed E-state index contributed by atoms with van der Waals surface area (Å²) in [6.45, 7) is 7.41. The lowest BCUT2D eigenvalue weighted by atomic mass is 10.6. The van der Waals surface area contributed by atoms with Crippen LogP contribution in [0, 0.1) is 0 Å². The molecule has 0 bridgehead atoms. The van der Waals surface area contributed by atoms with E-state index < -0.39 is 10.0 Å². The molecule has 1 rings (SSSR count). The van der Waals surface area contributed by atoms with Crippen LogP contribution >= 0.6 is 22.9 Å². The summed E-state index contributed by atoms with van der Waals surface area (Å²) in [5.74, 6) is 0.621. The van der Waals surface area contributed by atoms with Crippen molar-refractivity contribution in [3.63, 3.8) is 0 Å². The number of hydrogen-bond acceptors (Lipinski definition) is 4. The molecule has 0 atom stereocenters. The molecule has 6 nitrogen and oxygen atoms in total. The zero-order valence-corrected chi connectivity index (χ0v) is 14.1. The van der Waals surface area contributed by atoms with Crippen molar-refractivity contribution in [3.8, 4) is 0 Å². The molecule has 0 spiro atoms. The van der Waals surface area contributed by atoms with Crippen molar-refractivity contribution >= 4 is 38.9 Å². The van der Waals surface area contributed by atoms with E-state index in [-0.39, 0.29) is 10.8 Å². The molecular weight excluding hydrogens is 332 g/mol. The highest BCUT2D eigenvalue weighted by molar-refractivity contribution is 7.91. The molecule has 0 saturated heterocycles. The first-order valence-corrected chi connectivity index (χ1v) is 9.05. The van der Waals surface area contributed by atoms with Crippen LogP contribution in [0.5, 0.6) is 0 Å². The number of halogens is 1. The molecule has 1 aromatic rings. The SMILES string of the molecule is C=CCNC(=NCCNS(=O)(=O)c1ccc(Cl)s1)NCC. The standard InChI is InChI=1S/C12H19ClN4O2S2/c1-3-7-15-12(14-4-2)16-8-9-17-21(18,19)11-6-5-10(13)20-11/h3,5-6,17H,1,4,7-9H2,2H3,(H2,14,15,16). The summed E-state index contributed by atoms with van der Waals surface area (Å²) in [6.07, 6.45) is 1.72. The highest BCUT2D eigenvalue weighted by Crippen LogP contribution is 2.25. The fraction of sp³-hybridized carbons (Fsp3) is 0.417. The zero-order valence-electron chi connectivity index (χ0n) is 11.7. The van der Waals surface area contributed by atoms with Crippen molar-refractivity contribution in [2.45, 2.75) is 11.1 Å². The third kappa shape index (κ3) is 6.47. The van der Waals surface area contributed by atoms with Crippen molar-refractivity contribution < 1.29 is 8.42 Å². The van der Waals surface area contributed by atoms with Crippen LogP contribution < -0.4 is 15.4 Å². The lowest BCUT2D eigenvalue weighted by Crippen LogP contribution is -2.38. The second kappa shape index (κ2) is 9.04. The third-order valence-corrected chi connectivity index (χ3v) is 5.43. The number of rotatable bonds is 8. The summed E-state index contributed by atoms with van der Waals surface area (Å²) >= 11 is 6.75. The topological polar surface area (TPSA) is 82.6 Å². The van der Waals surface area contributed by atoms with Crippen molar-refractivity contribution in [1.82, 2.24) is 15.4 Å². The average molecular weight is 351 g/mol. The second-order valence-electron chi connectivity index (χ2n) is 3.89. The summed E-state index contributed by atoms with van der Waals surface area (Å²) in [6, 6.07) is 3.04. The maximum Gasteiger partial charge on any atom is 0.250 e. The van der Waals surface area contributed by atoms with Crippen LogP contribution in [-0.2, 0) is 10.0 Å². The molecule has 0 amide bonds. The Labute approximate surface area is 134 Å². The van der Waals surface area contributed by atoms with Gasteiger partial charge in [0.1, 0.15) is 4.21 Å². The predicted octanol–water partition coefficient (Wildman–Crippen LogP) is 1.42. The molecule has 0 fully saturated rings. The van der Waals surface area contributed by atoms with Crippen LogP contribution in [-0.4, -0.2) is 40.6 Å². The number of nitrogens with zero attached hydrogens (tertiary/aromatic N) is 1. The number of thiophene rings is 1. The van der Waals surface area contributed by atoms with Gasteiger partial charge in [-0.3, -0.25) is 4.99 Å². The molecule has 0 unspecified atom stereocenters. The molecule has 0 aliphatic heterocycles. The Hall–Kier alpha value is -1.09. The van der Waals surface area contributed by atoms with E-state index in [0.717, 1.165) is 17.9 Å². The molecule has 21 heavy (non-hydrogen) atoms. The van der Waals surface area contributed by atoms with Crippen molar-refractivity contribution in [1.29, 1.82) is 0 Å². The quantitative estimate of drug-likeness (QED) is 0.286. The summed E-state index contributed by atoms with van der Waals surface area (Å²) in [4.78, 5) is 4.25. The fourth-order valence-corrected chi connectivity index (χ4v) is 3.92. The smallest absolute Gasteiger partial charge is 0.250 e. The summed E-state index contributed by atoms with van der Waals surface area (Å²) in [5.41, 5.74) is 0. The van der Waals surface area contributed by atoms with E-state index in [1.165, 1.54) is 6.07 Å². The first-order valence-electron chi connectivity index (χ1n) is 6.37. The Morgan fingerprint density at radius 1 is 1.48 bits per heavy atom. The van der Waals surface area contributed by atoms with Gasteiger partial charge in [0.15, 0.2) is 5.96 Å². The van der Waals surface area contributed by atoms with E-state index in [4.69, 9.17) is 11.6 Å². The number of hydrogen-bond donors (Lipinski definition) is 3. The summed E-state index contributed by atoms with van der Waals surface area (Å²) in [5, 5.41) is 6.08. The van der Waals surface area contributed by atoms with Gasteiger partial charge < -0.3 is 10.6 Å². The molecule has 0 aliphatic carbocycles. The van der Waals surface area contributed by atoms with Gasteiger partial charge in [-0.05, 0) is 19.1 Å². The van der Waals surface area contributed by atoms with Gasteiger partial charge in [-0.25, -0.2) is 13.1 Å². The number of aliphatic imine (C=N–C) groups is 1. The lowest BCUT2D eigenvalue weighted by molar-refractivity contribution is 0.584. The van der Waals surface area contributed by atoms with Gasteiger partial charge in [0.25, 0.3) is 0 Å². The van der Waals surface area contributed by atoms with Gasteiger partial charge in [0.05, 0.1) is 10.9 Å². The largest absolute Gasteiger partial charge is 0.357 e. The molecular formula is C12H19ClN4O2S2. The molecule has 0 aromatic carbocycles. The first-order chi connectivity index (χ1) is 9.99. The van der Waals surface area contributed by atoms with E-state index in [9.17, 15) is 8.42 Å². The average Bonchev–Trinajstić information content (AvgIpc) is 2.88. The number of sulfonamides is 1. The predicted molar refractivity (Wildman–Crippen MR) is 88.7 cm³/mol. The highest BCUT2D eigenvalue weighted by atomic mass is 35.5. The maximum absolute atomic E-state index is 11.9. The van der Waals surface area contributed by atoms with Gasteiger partial charge in [0, 0.05) is 19.6 Å². The Bertz CT molecular complexity index is 584. The Morgan fingerprint density at radius 3 is 2.81 bits per heavy atom. The molecule has 118 valence electrons. The van der Waals surface area contributed by atoms with Crippen molar-refractivity contribution in [3.05, 3.63) is 29.1 Å². The van der Waals surface area contributed by atoms with E-state index in [1.807, 2.05) is 6.92 Å². The van der Waals surface area contributed by atoms with Crippen LogP contribution in [0.15, 0.2) is 34.0 Å². The van der Waals surface area contributed by atoms with Crippen LogP contribution in [0.2, 0.25) is 4.34 Å². The third-order valence-electron chi connectivity index (χ3n) is 2.25. The van der Waals surface area contributed by atoms with Crippen LogP contribution in [0.3, 0.4) is 0 Å². The van der Waals surface area contributed by atoms with E-state index >= 15 is 0 Å². The first kappa shape index (κ1) is 18.0. The fourth-order valence-electron chi connectivity index (χ4n) is 1.37. The minimum Gasteiger partial charge on any atom is -0.357 e. The van der Waals surface area contributed by atoms with Crippen LogP contribution in [0.25, 0.3) is 0 Å². The van der Waals surface area contributed by atoms with Gasteiger partial charge in [-0.1, -0.05) is 17.7 Å². The minimum atomic E-state index is -3.51. The second-order valence-corrected chi connectivity index (χ2v) is 7.60. The molecule has 3 N–H and O–H groups in total. The zero-order chi connectivity index (χ0) is 15.7. The molecule has 1 aromatic heterocycles. The van der Waals surface area contributed by atoms with Crippen LogP contribution in [0.1, 0.15) is 6.92 Å². The molecule has 9 heteroatoms. The van der Waals surface area contributed by atoms with Gasteiger partial charge in [0.2, 0.25) is 10.0 Å². The van der Waals surface area contributed by atoms with Gasteiger partial charge in [-0.15, -0.1) is 17.9 Å². The van der Waals surface area contributed by atoms with Gasteiger partial charge >= 0.3 is 0 Å². The maximum atomic E-state index is 11.9. The van der Waals surface area contributed by atoms with Crippen molar-refractivity contribution in [2.75, 3.05) is 26.2 Å². The molecule has 1 heterocycles. The van der Waals surface area contributed by atoms with E-state index in [2.05, 4.69) is 26.9 Å². The normalized spacial score (nSPS) is 12.2. The lowest BCUT2D eigenvalue weighted by Gasteiger charge is -2.09. The van der Waals surface area contributed by atoms with E-state index in [0.29, 0.717) is 23.4 Å². The summed E-state index contributed by atoms with van der Waals surface area (Å²) < 4.78 is 27.0. The number of guanidine groups is 1.